The fraction of sp³-hybridized carbons (Fsp3) is 0.312. The maximum atomic E-state index is 13.3. The molecule has 0 saturated heterocycles. The van der Waals surface area contributed by atoms with Gasteiger partial charge in [-0.25, -0.2) is 0 Å². The summed E-state index contributed by atoms with van der Waals surface area (Å²) in [5.74, 6) is -0.837. The molecule has 0 radical (unpaired) electrons. The Morgan fingerprint density at radius 1 is 0.683 bits per heavy atom. The third-order valence-corrected chi connectivity index (χ3v) is 6.93. The van der Waals surface area contributed by atoms with Gasteiger partial charge in [-0.05, 0) is 67.1 Å². The molecule has 3 aromatic carbocycles. The molecule has 3 N–H and O–H groups in total. The van der Waals surface area contributed by atoms with Gasteiger partial charge < -0.3 is 25.4 Å². The Morgan fingerprint density at radius 3 is 1.56 bits per heavy atom. The van der Waals surface area contributed by atoms with E-state index in [0.29, 0.717) is 24.1 Å². The van der Waals surface area contributed by atoms with E-state index in [0.717, 1.165) is 28.2 Å². The molecular weight excluding hydrogens is 538 g/mol. The molecule has 1 atom stereocenters. The first-order chi connectivity index (χ1) is 19.8. The number of rotatable bonds is 15. The summed E-state index contributed by atoms with van der Waals surface area (Å²) in [5, 5.41) is 8.25. The normalized spacial score (nSPS) is 11.3. The Labute approximate surface area is 246 Å². The highest BCUT2D eigenvalue weighted by Crippen LogP contribution is 2.14. The predicted molar refractivity (Wildman–Crippen MR) is 163 cm³/mol. The lowest BCUT2D eigenvalue weighted by molar-refractivity contribution is -0.137. The minimum atomic E-state index is -1.41. The van der Waals surface area contributed by atoms with E-state index in [2.05, 4.69) is 16.0 Å². The summed E-state index contributed by atoms with van der Waals surface area (Å²) in [6.07, 6.45) is 1.46. The second-order valence-corrected chi connectivity index (χ2v) is 10.2. The van der Waals surface area contributed by atoms with Crippen LogP contribution < -0.4 is 25.4 Å². The number of amides is 3. The number of hydrogen-bond acceptors (Lipinski definition) is 6. The van der Waals surface area contributed by atoms with E-state index < -0.39 is 29.7 Å². The zero-order valence-electron chi connectivity index (χ0n) is 23.6. The van der Waals surface area contributed by atoms with E-state index >= 15 is 0 Å². The van der Waals surface area contributed by atoms with E-state index in [1.54, 1.807) is 21.1 Å². The van der Waals surface area contributed by atoms with Crippen molar-refractivity contribution in [2.24, 2.45) is 5.92 Å². The first-order valence-corrected chi connectivity index (χ1v) is 13.9. The standard InChI is InChI=1S/C32H37N3O5S/c1-22(41)28(21-25-7-5-4-6-8-25)30(36)35-29(31(37)33-19-17-23-9-13-26(39-2)14-10-23)32(38)34-20-18-24-11-15-27(40-3)16-12-24/h4-16,28-29H,17-21H2,1-3H3,(H,33,37)(H,34,38)(H,35,36). The van der Waals surface area contributed by atoms with Crippen LogP contribution in [0.4, 0.5) is 0 Å². The van der Waals surface area contributed by atoms with Crippen LogP contribution in [0.5, 0.6) is 11.5 Å². The van der Waals surface area contributed by atoms with Gasteiger partial charge in [-0.1, -0.05) is 66.8 Å². The van der Waals surface area contributed by atoms with Gasteiger partial charge in [0, 0.05) is 18.0 Å². The van der Waals surface area contributed by atoms with Crippen LogP contribution >= 0.6 is 12.2 Å². The third kappa shape index (κ3) is 10.0. The van der Waals surface area contributed by atoms with Crippen molar-refractivity contribution < 1.29 is 23.9 Å². The van der Waals surface area contributed by atoms with Crippen molar-refractivity contribution in [3.05, 3.63) is 95.6 Å². The number of carbonyl (C=O) groups excluding carboxylic acids is 3. The Balaban J connectivity index is 1.66. The van der Waals surface area contributed by atoms with Crippen LogP contribution in [-0.2, 0) is 33.6 Å². The minimum absolute atomic E-state index is 0.288. The number of methoxy groups -OCH3 is 2. The van der Waals surface area contributed by atoms with E-state index in [4.69, 9.17) is 21.7 Å². The van der Waals surface area contributed by atoms with Crippen LogP contribution in [0.1, 0.15) is 23.6 Å². The summed E-state index contributed by atoms with van der Waals surface area (Å²) in [6, 6.07) is 23.1. The van der Waals surface area contributed by atoms with E-state index in [1.165, 1.54) is 0 Å². The number of carbonyl (C=O) groups is 3. The lowest BCUT2D eigenvalue weighted by Crippen LogP contribution is -2.57. The molecular formula is C32H37N3O5S. The van der Waals surface area contributed by atoms with Crippen LogP contribution in [-0.4, -0.2) is 55.9 Å². The number of hydrogen-bond donors (Lipinski definition) is 3. The zero-order valence-corrected chi connectivity index (χ0v) is 24.5. The summed E-state index contributed by atoms with van der Waals surface area (Å²) in [6.45, 7) is 2.27. The molecule has 0 aliphatic carbocycles. The van der Waals surface area contributed by atoms with Gasteiger partial charge in [-0.3, -0.25) is 14.4 Å². The lowest BCUT2D eigenvalue weighted by atomic mass is 9.95. The molecule has 0 aliphatic heterocycles. The maximum Gasteiger partial charge on any atom is 0.252 e. The maximum absolute atomic E-state index is 13.3. The molecule has 0 saturated carbocycles. The van der Waals surface area contributed by atoms with Crippen molar-refractivity contribution in [3.63, 3.8) is 0 Å². The number of ether oxygens (including phenoxy) is 2. The molecule has 0 aliphatic rings. The van der Waals surface area contributed by atoms with Gasteiger partial charge in [0.1, 0.15) is 11.5 Å². The monoisotopic (exact) mass is 575 g/mol. The summed E-state index contributed by atoms with van der Waals surface area (Å²) in [4.78, 5) is 40.2. The highest BCUT2D eigenvalue weighted by molar-refractivity contribution is 7.80. The molecule has 0 fully saturated rings. The molecule has 0 heterocycles. The molecule has 0 spiro atoms. The quantitative estimate of drug-likeness (QED) is 0.189. The van der Waals surface area contributed by atoms with Gasteiger partial charge in [-0.15, -0.1) is 0 Å². The van der Waals surface area contributed by atoms with Crippen molar-refractivity contribution in [3.8, 4) is 11.5 Å². The molecule has 9 heteroatoms. The molecule has 0 aromatic heterocycles. The third-order valence-electron chi connectivity index (χ3n) is 6.64. The summed E-state index contributed by atoms with van der Waals surface area (Å²) in [7, 11) is 3.20. The highest BCUT2D eigenvalue weighted by Gasteiger charge is 2.31. The fourth-order valence-electron chi connectivity index (χ4n) is 4.21. The molecule has 1 unspecified atom stereocenters. The van der Waals surface area contributed by atoms with Gasteiger partial charge in [0.15, 0.2) is 6.04 Å². The second kappa shape index (κ2) is 16.1. The molecule has 8 nitrogen and oxygen atoms in total. The number of benzene rings is 3. The van der Waals surface area contributed by atoms with E-state index in [1.807, 2.05) is 78.9 Å². The topological polar surface area (TPSA) is 106 Å². The SMILES string of the molecule is COc1ccc(CCNC(=O)C(NC(=O)C(Cc2ccccc2)C(C)=S)C(=O)NCCc2ccc(OC)cc2)cc1. The van der Waals surface area contributed by atoms with Crippen LogP contribution in [0, 0.1) is 5.92 Å². The molecule has 0 bridgehead atoms. The number of thiocarbonyl (C=S) groups is 1. The zero-order chi connectivity index (χ0) is 29.6. The van der Waals surface area contributed by atoms with E-state index in [-0.39, 0.29) is 13.1 Å². The predicted octanol–water partition coefficient (Wildman–Crippen LogP) is 3.45. The van der Waals surface area contributed by atoms with Crippen molar-refractivity contribution >= 4 is 34.8 Å². The average molecular weight is 576 g/mol. The van der Waals surface area contributed by atoms with Gasteiger partial charge in [0.2, 0.25) is 5.91 Å². The van der Waals surface area contributed by atoms with Crippen molar-refractivity contribution in [2.75, 3.05) is 27.3 Å². The minimum Gasteiger partial charge on any atom is -0.497 e. The van der Waals surface area contributed by atoms with Crippen LogP contribution in [0.3, 0.4) is 0 Å². The first-order valence-electron chi connectivity index (χ1n) is 13.5. The molecule has 3 rings (SSSR count). The average Bonchev–Trinajstić information content (AvgIpc) is 2.99. The Bertz CT molecular complexity index is 1230. The highest BCUT2D eigenvalue weighted by atomic mass is 32.1. The van der Waals surface area contributed by atoms with Crippen molar-refractivity contribution in [1.29, 1.82) is 0 Å². The first kappa shape index (κ1) is 31.3. The van der Waals surface area contributed by atoms with Crippen LogP contribution in [0.2, 0.25) is 0 Å². The molecule has 3 amide bonds. The fourth-order valence-corrected chi connectivity index (χ4v) is 4.40. The van der Waals surface area contributed by atoms with Gasteiger partial charge in [0.05, 0.1) is 20.1 Å². The van der Waals surface area contributed by atoms with Crippen molar-refractivity contribution in [1.82, 2.24) is 16.0 Å². The molecule has 41 heavy (non-hydrogen) atoms. The Kier molecular flexibility index (Phi) is 12.3. The van der Waals surface area contributed by atoms with Crippen LogP contribution in [0.25, 0.3) is 0 Å². The van der Waals surface area contributed by atoms with Crippen LogP contribution in [0.15, 0.2) is 78.9 Å². The van der Waals surface area contributed by atoms with Gasteiger partial charge in [0.25, 0.3) is 11.8 Å². The molecule has 3 aromatic rings. The van der Waals surface area contributed by atoms with Gasteiger partial charge >= 0.3 is 0 Å². The second-order valence-electron chi connectivity index (χ2n) is 9.57. The number of nitrogens with one attached hydrogen (secondary N) is 3. The largest absolute Gasteiger partial charge is 0.497 e. The van der Waals surface area contributed by atoms with Crippen molar-refractivity contribution in [2.45, 2.75) is 32.2 Å². The lowest BCUT2D eigenvalue weighted by Gasteiger charge is -2.22. The summed E-state index contributed by atoms with van der Waals surface area (Å²) in [5.41, 5.74) is 2.92. The summed E-state index contributed by atoms with van der Waals surface area (Å²) < 4.78 is 10.4. The van der Waals surface area contributed by atoms with E-state index in [9.17, 15) is 14.4 Å². The molecule has 216 valence electrons. The Morgan fingerprint density at radius 2 is 1.15 bits per heavy atom. The van der Waals surface area contributed by atoms with Gasteiger partial charge in [-0.2, -0.15) is 0 Å². The Hall–Kier alpha value is -4.24. The smallest absolute Gasteiger partial charge is 0.252 e. The summed E-state index contributed by atoms with van der Waals surface area (Å²) >= 11 is 5.38.